The summed E-state index contributed by atoms with van der Waals surface area (Å²) in [5.41, 5.74) is 3.14. The van der Waals surface area contributed by atoms with Crippen molar-refractivity contribution in [2.24, 2.45) is 0 Å². The van der Waals surface area contributed by atoms with Crippen LogP contribution in [0, 0.1) is 13.8 Å². The van der Waals surface area contributed by atoms with Crippen LogP contribution in [-0.4, -0.2) is 25.0 Å². The molecule has 0 heterocycles. The van der Waals surface area contributed by atoms with E-state index in [4.69, 9.17) is 4.74 Å². The molecule has 1 N–H and O–H groups in total. The van der Waals surface area contributed by atoms with Gasteiger partial charge in [-0.05, 0) is 61.8 Å². The number of ether oxygens (including phenoxy) is 1. The Labute approximate surface area is 153 Å². The molecule has 0 spiro atoms. The first-order chi connectivity index (χ1) is 12.3. The third-order valence-electron chi connectivity index (χ3n) is 4.91. The molecule has 1 aliphatic carbocycles. The van der Waals surface area contributed by atoms with Gasteiger partial charge < -0.3 is 20.0 Å². The van der Waals surface area contributed by atoms with Gasteiger partial charge in [-0.1, -0.05) is 18.2 Å². The molecule has 140 valence electrons. The smallest absolute Gasteiger partial charge is 0.307 e. The number of carboxylic acid groups (broad SMARTS) is 1. The van der Waals surface area contributed by atoms with Gasteiger partial charge >= 0.3 is 5.97 Å². The number of benzene rings is 1. The molecule has 1 aliphatic rings. The van der Waals surface area contributed by atoms with Crippen molar-refractivity contribution in [3.63, 3.8) is 0 Å². The van der Waals surface area contributed by atoms with Gasteiger partial charge in [-0.15, -0.1) is 0 Å². The number of carboxylic acids is 1. The van der Waals surface area contributed by atoms with E-state index in [1.165, 1.54) is 7.11 Å². The Morgan fingerprint density at radius 2 is 1.81 bits per heavy atom. The largest absolute Gasteiger partial charge is 0.545 e. The van der Waals surface area contributed by atoms with Gasteiger partial charge in [0.05, 0.1) is 25.5 Å². The summed E-state index contributed by atoms with van der Waals surface area (Å²) in [5, 5.41) is 14.2. The first kappa shape index (κ1) is 19.7. The average Bonchev–Trinajstić information content (AvgIpc) is 2.63. The maximum atomic E-state index is 12.8. The van der Waals surface area contributed by atoms with Crippen molar-refractivity contribution >= 4 is 17.8 Å². The molecule has 0 aliphatic heterocycles. The Balaban J connectivity index is 2.34. The molecule has 0 saturated carbocycles. The summed E-state index contributed by atoms with van der Waals surface area (Å²) in [5.74, 6) is -2.21. The van der Waals surface area contributed by atoms with Gasteiger partial charge in [0.15, 0.2) is 0 Å². The normalized spacial score (nSPS) is 15.3. The minimum Gasteiger partial charge on any atom is -0.545 e. The van der Waals surface area contributed by atoms with Crippen molar-refractivity contribution in [2.75, 3.05) is 7.11 Å². The third-order valence-corrected chi connectivity index (χ3v) is 4.91. The zero-order valence-corrected chi connectivity index (χ0v) is 15.4. The molecule has 6 heteroatoms. The van der Waals surface area contributed by atoms with Gasteiger partial charge in [0.1, 0.15) is 0 Å². The van der Waals surface area contributed by atoms with Crippen LogP contribution < -0.4 is 10.4 Å². The lowest BCUT2D eigenvalue weighted by Crippen LogP contribution is -2.35. The van der Waals surface area contributed by atoms with E-state index in [1.54, 1.807) is 0 Å². The quantitative estimate of drug-likeness (QED) is 0.780. The molecule has 0 radical (unpaired) electrons. The van der Waals surface area contributed by atoms with Crippen LogP contribution in [0.25, 0.3) is 0 Å². The summed E-state index contributed by atoms with van der Waals surface area (Å²) in [6, 6.07) is 5.08. The number of carbonyl (C=O) groups excluding carboxylic acids is 3. The van der Waals surface area contributed by atoms with Crippen molar-refractivity contribution in [3.8, 4) is 0 Å². The fourth-order valence-electron chi connectivity index (χ4n) is 3.27. The molecule has 1 aromatic carbocycles. The van der Waals surface area contributed by atoms with E-state index in [0.29, 0.717) is 12.8 Å². The van der Waals surface area contributed by atoms with E-state index >= 15 is 0 Å². The van der Waals surface area contributed by atoms with Crippen molar-refractivity contribution in [1.29, 1.82) is 0 Å². The molecule has 0 unspecified atom stereocenters. The number of methoxy groups -OCH3 is 1. The van der Waals surface area contributed by atoms with Gasteiger partial charge in [-0.3, -0.25) is 9.59 Å². The average molecular weight is 358 g/mol. The lowest BCUT2D eigenvalue weighted by molar-refractivity contribution is -0.299. The Morgan fingerprint density at radius 3 is 2.42 bits per heavy atom. The molecule has 1 aromatic rings. The lowest BCUT2D eigenvalue weighted by atomic mass is 9.90. The fourth-order valence-corrected chi connectivity index (χ4v) is 3.27. The molecule has 26 heavy (non-hydrogen) atoms. The number of amides is 1. The van der Waals surface area contributed by atoms with Gasteiger partial charge in [0.25, 0.3) is 0 Å². The second-order valence-corrected chi connectivity index (χ2v) is 6.55. The number of hydrogen-bond acceptors (Lipinski definition) is 5. The fraction of sp³-hybridized carbons (Fsp3) is 0.450. The molecule has 2 rings (SSSR count). The lowest BCUT2D eigenvalue weighted by Gasteiger charge is -2.25. The van der Waals surface area contributed by atoms with E-state index in [1.807, 2.05) is 32.0 Å². The Hall–Kier alpha value is -2.63. The molecule has 0 bridgehead atoms. The standard InChI is InChI=1S/C20H25NO5/c1-12-7-6-10-14(13(12)2)17(11-18(22)26-3)21-19(23)15-8-4-5-9-16(15)20(24)25/h6-7,10,17H,4-5,8-9,11H2,1-3H3,(H,21,23)(H,24,25)/p-1/t17-/m1/s1. The van der Waals surface area contributed by atoms with Crippen LogP contribution in [0.5, 0.6) is 0 Å². The highest BCUT2D eigenvalue weighted by molar-refractivity contribution is 6.02. The highest BCUT2D eigenvalue weighted by Crippen LogP contribution is 2.28. The molecule has 0 fully saturated rings. The Bertz CT molecular complexity index is 751. The van der Waals surface area contributed by atoms with Gasteiger partial charge in [-0.25, -0.2) is 0 Å². The highest BCUT2D eigenvalue weighted by Gasteiger charge is 2.25. The third kappa shape index (κ3) is 4.50. The zero-order valence-electron chi connectivity index (χ0n) is 15.4. The summed E-state index contributed by atoms with van der Waals surface area (Å²) in [6.45, 7) is 3.88. The van der Waals surface area contributed by atoms with E-state index in [2.05, 4.69) is 5.32 Å². The molecule has 1 atom stereocenters. The number of esters is 1. The topological polar surface area (TPSA) is 95.5 Å². The predicted molar refractivity (Wildman–Crippen MR) is 93.9 cm³/mol. The predicted octanol–water partition coefficient (Wildman–Crippen LogP) is 1.64. The summed E-state index contributed by atoms with van der Waals surface area (Å²) in [6.07, 6.45) is 2.18. The van der Waals surface area contributed by atoms with Gasteiger partial charge in [0.2, 0.25) is 5.91 Å². The molecular weight excluding hydrogens is 334 g/mol. The zero-order chi connectivity index (χ0) is 19.3. The van der Waals surface area contributed by atoms with E-state index < -0.39 is 23.9 Å². The van der Waals surface area contributed by atoms with Gasteiger partial charge in [-0.2, -0.15) is 0 Å². The number of hydrogen-bond donors (Lipinski definition) is 1. The minimum absolute atomic E-state index is 0.0273. The first-order valence-corrected chi connectivity index (χ1v) is 8.72. The van der Waals surface area contributed by atoms with Crippen LogP contribution >= 0.6 is 0 Å². The molecule has 6 nitrogen and oxygen atoms in total. The van der Waals surface area contributed by atoms with E-state index in [9.17, 15) is 19.5 Å². The van der Waals surface area contributed by atoms with Crippen molar-refractivity contribution in [1.82, 2.24) is 5.32 Å². The van der Waals surface area contributed by atoms with E-state index in [0.717, 1.165) is 29.5 Å². The van der Waals surface area contributed by atoms with Crippen molar-refractivity contribution in [2.45, 2.75) is 52.0 Å². The second kappa shape index (κ2) is 8.65. The van der Waals surface area contributed by atoms with Crippen LogP contribution in [0.15, 0.2) is 29.3 Å². The first-order valence-electron chi connectivity index (χ1n) is 8.72. The van der Waals surface area contributed by atoms with Crippen LogP contribution in [0.4, 0.5) is 0 Å². The summed E-state index contributed by atoms with van der Waals surface area (Å²) in [7, 11) is 1.29. The van der Waals surface area contributed by atoms with Crippen LogP contribution in [0.3, 0.4) is 0 Å². The van der Waals surface area contributed by atoms with E-state index in [-0.39, 0.29) is 17.6 Å². The summed E-state index contributed by atoms with van der Waals surface area (Å²) >= 11 is 0. The van der Waals surface area contributed by atoms with Crippen molar-refractivity contribution < 1.29 is 24.2 Å². The molecule has 1 amide bonds. The maximum Gasteiger partial charge on any atom is 0.307 e. The number of carbonyl (C=O) groups is 3. The SMILES string of the molecule is COC(=O)C[C@@H](NC(=O)C1=C(C(=O)[O-])CCCC1)c1cccc(C)c1C. The summed E-state index contributed by atoms with van der Waals surface area (Å²) < 4.78 is 4.75. The highest BCUT2D eigenvalue weighted by atomic mass is 16.5. The minimum atomic E-state index is -1.30. The van der Waals surface area contributed by atoms with Crippen molar-refractivity contribution in [3.05, 3.63) is 46.0 Å². The van der Waals surface area contributed by atoms with Crippen LogP contribution in [-0.2, 0) is 19.1 Å². The number of aliphatic carboxylic acids is 1. The molecular formula is C20H24NO5-. The maximum absolute atomic E-state index is 12.8. The summed E-state index contributed by atoms with van der Waals surface area (Å²) in [4.78, 5) is 35.9. The Morgan fingerprint density at radius 1 is 1.15 bits per heavy atom. The molecule has 0 saturated heterocycles. The monoisotopic (exact) mass is 358 g/mol. The number of nitrogens with one attached hydrogen (secondary N) is 1. The van der Waals surface area contributed by atoms with Gasteiger partial charge in [0, 0.05) is 5.57 Å². The number of rotatable bonds is 6. The van der Waals surface area contributed by atoms with Crippen LogP contribution in [0.1, 0.15) is 54.8 Å². The molecule has 0 aromatic heterocycles. The van der Waals surface area contributed by atoms with Crippen LogP contribution in [0.2, 0.25) is 0 Å². The second-order valence-electron chi connectivity index (χ2n) is 6.55. The Kier molecular flexibility index (Phi) is 6.55. The number of aryl methyl sites for hydroxylation is 1.